The van der Waals surface area contributed by atoms with Crippen molar-refractivity contribution in [3.63, 3.8) is 0 Å². The van der Waals surface area contributed by atoms with Crippen LogP contribution in [0.3, 0.4) is 0 Å². The number of rotatable bonds is 8. The highest BCUT2D eigenvalue weighted by molar-refractivity contribution is 5.76. The Hall–Kier alpha value is -2.12. The van der Waals surface area contributed by atoms with Crippen molar-refractivity contribution in [3.05, 3.63) is 35.4 Å². The summed E-state index contributed by atoms with van der Waals surface area (Å²) in [5.74, 6) is 0.151. The zero-order chi connectivity index (χ0) is 23.6. The first-order chi connectivity index (χ1) is 16.7. The molecule has 188 valence electrons. The number of carbonyl (C=O) groups is 2. The molecule has 4 rings (SSSR count). The Morgan fingerprint density at radius 2 is 1.26 bits per heavy atom. The number of nitrogens with zero attached hydrogens (tertiary/aromatic N) is 4. The third-order valence-corrected chi connectivity index (χ3v) is 7.54. The highest BCUT2D eigenvalue weighted by atomic mass is 16.2. The zero-order valence-corrected chi connectivity index (χ0v) is 20.8. The number of aryl methyl sites for hydroxylation is 1. The number of carbonyl (C=O) groups excluding carboxylic acids is 2. The predicted octanol–water partition coefficient (Wildman–Crippen LogP) is 2.94. The first kappa shape index (κ1) is 25.0. The number of amides is 3. The van der Waals surface area contributed by atoms with Crippen LogP contribution >= 0.6 is 0 Å². The summed E-state index contributed by atoms with van der Waals surface area (Å²) in [4.78, 5) is 33.8. The van der Waals surface area contributed by atoms with Crippen LogP contribution < -0.4 is 5.32 Å². The van der Waals surface area contributed by atoms with Crippen molar-refractivity contribution in [1.29, 1.82) is 0 Å². The molecule has 0 spiro atoms. The Morgan fingerprint density at radius 1 is 0.676 bits per heavy atom. The first-order valence-electron chi connectivity index (χ1n) is 13.5. The minimum absolute atomic E-state index is 0.151. The van der Waals surface area contributed by atoms with E-state index in [0.29, 0.717) is 6.42 Å². The molecular formula is C27H43N5O2. The molecule has 7 heteroatoms. The van der Waals surface area contributed by atoms with Crippen molar-refractivity contribution >= 4 is 11.9 Å². The average molecular weight is 470 g/mol. The normalized spacial score (nSPS) is 20.4. The van der Waals surface area contributed by atoms with Crippen LogP contribution in [-0.4, -0.2) is 97.0 Å². The highest BCUT2D eigenvalue weighted by Gasteiger charge is 2.26. The molecule has 0 saturated carbocycles. The fourth-order valence-electron chi connectivity index (χ4n) is 5.33. The molecule has 1 aromatic carbocycles. The second-order valence-electron chi connectivity index (χ2n) is 10.2. The summed E-state index contributed by atoms with van der Waals surface area (Å²) >= 11 is 0. The molecule has 0 bridgehead atoms. The molecule has 7 nitrogen and oxygen atoms in total. The van der Waals surface area contributed by atoms with Gasteiger partial charge in [-0.25, -0.2) is 4.79 Å². The molecule has 3 amide bonds. The van der Waals surface area contributed by atoms with Crippen molar-refractivity contribution in [1.82, 2.24) is 24.9 Å². The van der Waals surface area contributed by atoms with Gasteiger partial charge in [0.05, 0.1) is 0 Å². The van der Waals surface area contributed by atoms with E-state index in [4.69, 9.17) is 0 Å². The largest absolute Gasteiger partial charge is 0.355 e. The van der Waals surface area contributed by atoms with Crippen molar-refractivity contribution in [2.45, 2.75) is 57.9 Å². The van der Waals surface area contributed by atoms with Crippen molar-refractivity contribution in [2.75, 3.05) is 65.4 Å². The number of nitrogens with one attached hydrogen (secondary N) is 1. The van der Waals surface area contributed by atoms with Crippen molar-refractivity contribution in [3.8, 4) is 0 Å². The van der Waals surface area contributed by atoms with Crippen molar-refractivity contribution < 1.29 is 9.59 Å². The summed E-state index contributed by atoms with van der Waals surface area (Å²) in [6, 6.07) is 8.93. The van der Waals surface area contributed by atoms with Crippen molar-refractivity contribution in [2.24, 2.45) is 0 Å². The monoisotopic (exact) mass is 469 g/mol. The molecule has 3 saturated heterocycles. The first-order valence-corrected chi connectivity index (χ1v) is 13.5. The van der Waals surface area contributed by atoms with Gasteiger partial charge in [-0.15, -0.1) is 0 Å². The number of hydrogen-bond donors (Lipinski definition) is 1. The summed E-state index contributed by atoms with van der Waals surface area (Å²) in [7, 11) is 0. The summed E-state index contributed by atoms with van der Waals surface area (Å²) in [5.41, 5.74) is 2.51. The molecule has 0 aromatic heterocycles. The summed E-state index contributed by atoms with van der Waals surface area (Å²) < 4.78 is 0. The van der Waals surface area contributed by atoms with E-state index in [-0.39, 0.29) is 11.9 Å². The molecule has 1 N–H and O–H groups in total. The molecule has 3 fully saturated rings. The number of piperidine rings is 2. The molecule has 3 heterocycles. The van der Waals surface area contributed by atoms with Gasteiger partial charge < -0.3 is 20.0 Å². The standard InChI is InChI=1S/C27H43N5O2/c33-26(28-13-18-29-14-3-1-4-15-29)12-11-24-7-9-25(10-8-24)23-30-19-21-32(22-20-30)27(34)31-16-5-2-6-17-31/h7-10H,1-6,11-23H2,(H,28,33). The maximum atomic E-state index is 12.7. The SMILES string of the molecule is O=C(CCc1ccc(CN2CCN(C(=O)N3CCCCC3)CC2)cc1)NCCN1CCCCC1. The number of piperazine rings is 1. The molecule has 0 atom stereocenters. The van der Waals surface area contributed by atoms with Crippen LogP contribution in [-0.2, 0) is 17.8 Å². The molecule has 3 aliphatic rings. The van der Waals surface area contributed by atoms with Crippen LogP contribution in [0.2, 0.25) is 0 Å². The van der Waals surface area contributed by atoms with Gasteiger partial charge in [-0.2, -0.15) is 0 Å². The highest BCUT2D eigenvalue weighted by Crippen LogP contribution is 2.15. The summed E-state index contributed by atoms with van der Waals surface area (Å²) in [6.07, 6.45) is 8.80. The molecular weight excluding hydrogens is 426 g/mol. The lowest BCUT2D eigenvalue weighted by atomic mass is 10.1. The van der Waals surface area contributed by atoms with E-state index in [1.165, 1.54) is 49.9 Å². The third-order valence-electron chi connectivity index (χ3n) is 7.54. The van der Waals surface area contributed by atoms with Gasteiger partial charge in [0.2, 0.25) is 5.91 Å². The Labute approximate surface area is 205 Å². The van der Waals surface area contributed by atoms with Crippen LogP contribution in [0.15, 0.2) is 24.3 Å². The van der Waals surface area contributed by atoms with E-state index in [2.05, 4.69) is 39.4 Å². The second kappa shape index (κ2) is 13.1. The molecule has 3 aliphatic heterocycles. The fraction of sp³-hybridized carbons (Fsp3) is 0.704. The van der Waals surface area contributed by atoms with Gasteiger partial charge in [0.1, 0.15) is 0 Å². The second-order valence-corrected chi connectivity index (χ2v) is 10.2. The van der Waals surface area contributed by atoms with Crippen LogP contribution in [0.5, 0.6) is 0 Å². The Balaban J connectivity index is 1.11. The van der Waals surface area contributed by atoms with Crippen LogP contribution in [0.1, 0.15) is 56.1 Å². The Bertz CT molecular complexity index is 764. The lowest BCUT2D eigenvalue weighted by Gasteiger charge is -2.38. The van der Waals surface area contributed by atoms with Gasteiger partial charge in [0.25, 0.3) is 0 Å². The van der Waals surface area contributed by atoms with E-state index in [1.54, 1.807) is 0 Å². The molecule has 0 radical (unpaired) electrons. The van der Waals surface area contributed by atoms with E-state index in [9.17, 15) is 9.59 Å². The number of urea groups is 1. The van der Waals surface area contributed by atoms with Gasteiger partial charge in [0, 0.05) is 65.3 Å². The van der Waals surface area contributed by atoms with Gasteiger partial charge in [-0.3, -0.25) is 9.69 Å². The molecule has 34 heavy (non-hydrogen) atoms. The maximum Gasteiger partial charge on any atom is 0.320 e. The molecule has 0 aliphatic carbocycles. The smallest absolute Gasteiger partial charge is 0.320 e. The summed E-state index contributed by atoms with van der Waals surface area (Å²) in [5, 5.41) is 3.08. The molecule has 0 unspecified atom stereocenters. The van der Waals surface area contributed by atoms with E-state index < -0.39 is 0 Å². The van der Waals surface area contributed by atoms with Gasteiger partial charge >= 0.3 is 6.03 Å². The zero-order valence-electron chi connectivity index (χ0n) is 20.8. The Kier molecular flexibility index (Phi) is 9.63. The van der Waals surface area contributed by atoms with Gasteiger partial charge in [0.15, 0.2) is 0 Å². The fourth-order valence-corrected chi connectivity index (χ4v) is 5.33. The number of benzene rings is 1. The quantitative estimate of drug-likeness (QED) is 0.636. The minimum atomic E-state index is 0.151. The maximum absolute atomic E-state index is 12.7. The third kappa shape index (κ3) is 7.70. The minimum Gasteiger partial charge on any atom is -0.355 e. The van der Waals surface area contributed by atoms with Gasteiger partial charge in [-0.05, 0) is 62.7 Å². The Morgan fingerprint density at radius 3 is 1.94 bits per heavy atom. The predicted molar refractivity (Wildman–Crippen MR) is 136 cm³/mol. The molecule has 1 aromatic rings. The summed E-state index contributed by atoms with van der Waals surface area (Å²) in [6.45, 7) is 10.3. The lowest BCUT2D eigenvalue weighted by molar-refractivity contribution is -0.121. The number of hydrogen-bond acceptors (Lipinski definition) is 4. The van der Waals surface area contributed by atoms with Crippen LogP contribution in [0.4, 0.5) is 4.79 Å². The van der Waals surface area contributed by atoms with Crippen LogP contribution in [0.25, 0.3) is 0 Å². The van der Waals surface area contributed by atoms with Gasteiger partial charge in [-0.1, -0.05) is 30.7 Å². The van der Waals surface area contributed by atoms with E-state index in [0.717, 1.165) is 78.2 Å². The van der Waals surface area contributed by atoms with Crippen LogP contribution in [0, 0.1) is 0 Å². The number of likely N-dealkylation sites (tertiary alicyclic amines) is 2. The van der Waals surface area contributed by atoms with E-state index >= 15 is 0 Å². The lowest BCUT2D eigenvalue weighted by Crippen LogP contribution is -2.53. The van der Waals surface area contributed by atoms with E-state index in [1.807, 2.05) is 9.80 Å². The average Bonchev–Trinajstić information content (AvgIpc) is 2.89. The topological polar surface area (TPSA) is 59.1 Å².